The standard InChI is InChI=1S/C24H28N6O8S/c1-5-7-16-19-20(28(4)26-16)22(31)25-21-15-12-14(8-9-17(15)36-6-2)39(34,35)29-11-10-27(3)13-18(29)37-23(32)24(33)38-30(19)21/h8-9,12,18H,5-7,10-11,13H2,1-4H3. The van der Waals surface area contributed by atoms with Crippen LogP contribution in [-0.4, -0.2) is 88.6 Å². The number of likely N-dealkylation sites (N-methyl/N-ethyl adjacent to an activating group) is 1. The number of ether oxygens (including phenoxy) is 2. The summed E-state index contributed by atoms with van der Waals surface area (Å²) in [5.74, 6) is -2.85. The average Bonchev–Trinajstić information content (AvgIpc) is 3.21. The summed E-state index contributed by atoms with van der Waals surface area (Å²) in [5, 5.41) is 4.41. The predicted octanol–water partition coefficient (Wildman–Crippen LogP) is -0.0776. The minimum absolute atomic E-state index is 0.0132. The Hall–Kier alpha value is -3.82. The van der Waals surface area contributed by atoms with E-state index in [1.807, 2.05) is 6.92 Å². The molecule has 0 radical (unpaired) electrons. The summed E-state index contributed by atoms with van der Waals surface area (Å²) >= 11 is 0. The summed E-state index contributed by atoms with van der Waals surface area (Å²) in [6.07, 6.45) is -0.209. The Balaban J connectivity index is 1.87. The molecule has 0 saturated carbocycles. The maximum absolute atomic E-state index is 13.8. The Bertz CT molecular complexity index is 1650. The molecule has 3 aromatic rings. The highest BCUT2D eigenvalue weighted by molar-refractivity contribution is 7.89. The first-order valence-corrected chi connectivity index (χ1v) is 13.9. The van der Waals surface area contributed by atoms with Crippen molar-refractivity contribution < 1.29 is 32.3 Å². The largest absolute Gasteiger partial charge is 0.493 e. The van der Waals surface area contributed by atoms with Gasteiger partial charge in [0.1, 0.15) is 11.3 Å². The Labute approximate surface area is 223 Å². The van der Waals surface area contributed by atoms with Crippen LogP contribution in [0.25, 0.3) is 22.4 Å². The maximum atomic E-state index is 13.8. The van der Waals surface area contributed by atoms with Gasteiger partial charge >= 0.3 is 11.9 Å². The number of fused-ring (bicyclic) bond motifs is 7. The number of aryl methyl sites for hydroxylation is 2. The number of hydrogen-bond acceptors (Lipinski definition) is 11. The van der Waals surface area contributed by atoms with E-state index in [-0.39, 0.29) is 52.8 Å². The molecule has 2 aliphatic rings. The molecule has 1 fully saturated rings. The summed E-state index contributed by atoms with van der Waals surface area (Å²) < 4.78 is 42.0. The maximum Gasteiger partial charge on any atom is 0.442 e. The smallest absolute Gasteiger partial charge is 0.442 e. The minimum atomic E-state index is -4.22. The van der Waals surface area contributed by atoms with Crippen molar-refractivity contribution in [1.82, 2.24) is 28.7 Å². The van der Waals surface area contributed by atoms with Crippen LogP contribution in [0.15, 0.2) is 27.9 Å². The molecule has 208 valence electrons. The van der Waals surface area contributed by atoms with Crippen LogP contribution in [-0.2, 0) is 37.8 Å². The second-order valence-electron chi connectivity index (χ2n) is 9.26. The molecule has 2 bridgehead atoms. The van der Waals surface area contributed by atoms with Crippen molar-refractivity contribution in [1.29, 1.82) is 0 Å². The zero-order chi connectivity index (χ0) is 28.1. The van der Waals surface area contributed by atoms with Crippen molar-refractivity contribution in [2.45, 2.75) is 37.8 Å². The second-order valence-corrected chi connectivity index (χ2v) is 11.2. The fourth-order valence-electron chi connectivity index (χ4n) is 4.77. The van der Waals surface area contributed by atoms with Gasteiger partial charge in [-0.1, -0.05) is 13.3 Å². The molecule has 5 rings (SSSR count). The van der Waals surface area contributed by atoms with Crippen molar-refractivity contribution >= 4 is 33.0 Å². The summed E-state index contributed by atoms with van der Waals surface area (Å²) in [5.41, 5.74) is -0.0183. The third-order valence-electron chi connectivity index (χ3n) is 6.56. The van der Waals surface area contributed by atoms with E-state index >= 15 is 0 Å². The Morgan fingerprint density at radius 1 is 1.08 bits per heavy atom. The van der Waals surface area contributed by atoms with Gasteiger partial charge in [0.15, 0.2) is 17.6 Å². The number of benzene rings is 1. The highest BCUT2D eigenvalue weighted by Gasteiger charge is 2.40. The fourth-order valence-corrected chi connectivity index (χ4v) is 6.29. The summed E-state index contributed by atoms with van der Waals surface area (Å²) in [6.45, 7) is 4.29. The zero-order valence-electron chi connectivity index (χ0n) is 21.9. The van der Waals surface area contributed by atoms with Crippen LogP contribution in [0.4, 0.5) is 0 Å². The molecule has 0 N–H and O–H groups in total. The van der Waals surface area contributed by atoms with Crippen molar-refractivity contribution in [2.24, 2.45) is 7.05 Å². The van der Waals surface area contributed by atoms with Crippen LogP contribution in [0.2, 0.25) is 0 Å². The van der Waals surface area contributed by atoms with Gasteiger partial charge in [0.25, 0.3) is 5.56 Å². The number of carbonyl (C=O) groups is 2. The molecule has 39 heavy (non-hydrogen) atoms. The van der Waals surface area contributed by atoms with E-state index in [1.165, 1.54) is 22.9 Å². The van der Waals surface area contributed by atoms with Gasteiger partial charge in [0, 0.05) is 20.1 Å². The molecule has 2 aromatic heterocycles. The number of nitrogens with zero attached hydrogens (tertiary/aromatic N) is 6. The van der Waals surface area contributed by atoms with E-state index < -0.39 is 33.7 Å². The number of sulfonamides is 1. The Morgan fingerprint density at radius 3 is 2.56 bits per heavy atom. The fraction of sp³-hybridized carbons (Fsp3) is 0.458. The number of piperazine rings is 1. The van der Waals surface area contributed by atoms with Crippen molar-refractivity contribution in [3.63, 3.8) is 0 Å². The normalized spacial score (nSPS) is 19.8. The summed E-state index contributed by atoms with van der Waals surface area (Å²) in [4.78, 5) is 50.6. The quantitative estimate of drug-likeness (QED) is 0.311. The first-order chi connectivity index (χ1) is 18.6. The van der Waals surface area contributed by atoms with Gasteiger partial charge in [-0.15, -0.1) is 4.73 Å². The lowest BCUT2D eigenvalue weighted by atomic mass is 10.1. The topological polar surface area (TPSA) is 155 Å². The number of hydrogen-bond donors (Lipinski definition) is 0. The first-order valence-electron chi connectivity index (χ1n) is 12.5. The highest BCUT2D eigenvalue weighted by Crippen LogP contribution is 2.34. The van der Waals surface area contributed by atoms with Gasteiger partial charge < -0.3 is 14.3 Å². The van der Waals surface area contributed by atoms with Crippen molar-refractivity contribution in [2.75, 3.05) is 33.3 Å². The highest BCUT2D eigenvalue weighted by atomic mass is 32.2. The molecule has 4 heterocycles. The zero-order valence-corrected chi connectivity index (χ0v) is 22.7. The number of rotatable bonds is 4. The molecule has 2 aliphatic heterocycles. The van der Waals surface area contributed by atoms with Gasteiger partial charge in [-0.2, -0.15) is 14.4 Å². The van der Waals surface area contributed by atoms with E-state index in [1.54, 1.807) is 25.9 Å². The van der Waals surface area contributed by atoms with Gasteiger partial charge in [-0.3, -0.25) is 14.4 Å². The van der Waals surface area contributed by atoms with E-state index in [0.29, 0.717) is 25.1 Å². The Morgan fingerprint density at radius 2 is 1.85 bits per heavy atom. The summed E-state index contributed by atoms with van der Waals surface area (Å²) in [7, 11) is -0.928. The Kier molecular flexibility index (Phi) is 6.90. The molecule has 1 saturated heterocycles. The van der Waals surface area contributed by atoms with Crippen LogP contribution < -0.4 is 15.1 Å². The lowest BCUT2D eigenvalue weighted by Crippen LogP contribution is -2.56. The van der Waals surface area contributed by atoms with E-state index in [9.17, 15) is 22.8 Å². The monoisotopic (exact) mass is 560 g/mol. The van der Waals surface area contributed by atoms with E-state index in [0.717, 1.165) is 9.04 Å². The van der Waals surface area contributed by atoms with Gasteiger partial charge in [0.05, 0.1) is 29.3 Å². The minimum Gasteiger partial charge on any atom is -0.493 e. The average molecular weight is 561 g/mol. The van der Waals surface area contributed by atoms with Gasteiger partial charge in [0.2, 0.25) is 10.0 Å². The molecule has 0 aliphatic carbocycles. The number of aromatic nitrogens is 4. The third kappa shape index (κ3) is 4.55. The van der Waals surface area contributed by atoms with Crippen molar-refractivity contribution in [3.05, 3.63) is 34.2 Å². The molecular formula is C24H28N6O8S. The molecule has 1 unspecified atom stereocenters. The van der Waals surface area contributed by atoms with E-state index in [4.69, 9.17) is 14.3 Å². The molecule has 1 aromatic carbocycles. The molecule has 14 nitrogen and oxygen atoms in total. The van der Waals surface area contributed by atoms with Crippen LogP contribution in [0.1, 0.15) is 26.0 Å². The van der Waals surface area contributed by atoms with Crippen molar-refractivity contribution in [3.8, 4) is 17.1 Å². The first kappa shape index (κ1) is 26.8. The third-order valence-corrected chi connectivity index (χ3v) is 8.44. The lowest BCUT2D eigenvalue weighted by molar-refractivity contribution is -0.176. The van der Waals surface area contributed by atoms with Crippen LogP contribution in [0.3, 0.4) is 0 Å². The predicted molar refractivity (Wildman–Crippen MR) is 136 cm³/mol. The van der Waals surface area contributed by atoms with Crippen LogP contribution in [0, 0.1) is 0 Å². The molecule has 0 amide bonds. The molecule has 1 atom stereocenters. The van der Waals surface area contributed by atoms with Crippen LogP contribution in [0.5, 0.6) is 5.75 Å². The van der Waals surface area contributed by atoms with E-state index in [2.05, 4.69) is 10.1 Å². The van der Waals surface area contributed by atoms with Gasteiger partial charge in [-0.25, -0.2) is 18.0 Å². The SMILES string of the molecule is CCCc1nn(C)c2c(=O)nc3n(c12)OC(=O)C(=O)OC1CN(C)CCN1S(=O)(=O)c1ccc(OCC)c-3c1. The summed E-state index contributed by atoms with van der Waals surface area (Å²) in [6, 6.07) is 4.13. The molecule has 0 spiro atoms. The molecule has 15 heteroatoms. The van der Waals surface area contributed by atoms with Crippen LogP contribution >= 0.6 is 0 Å². The second kappa shape index (κ2) is 10.1. The molecular weight excluding hydrogens is 532 g/mol. The number of esters is 1. The lowest BCUT2D eigenvalue weighted by Gasteiger charge is -2.38. The van der Waals surface area contributed by atoms with Gasteiger partial charge in [-0.05, 0) is 38.6 Å². The number of carbonyl (C=O) groups excluding carboxylic acids is 2.